The van der Waals surface area contributed by atoms with Crippen molar-refractivity contribution >= 4 is 33.6 Å². The van der Waals surface area contributed by atoms with E-state index in [0.29, 0.717) is 45.4 Å². The van der Waals surface area contributed by atoms with Gasteiger partial charge in [0.1, 0.15) is 18.0 Å². The summed E-state index contributed by atoms with van der Waals surface area (Å²) in [5.41, 5.74) is 1.27. The second kappa shape index (κ2) is 12.0. The molecule has 4 aromatic rings. The normalized spacial score (nSPS) is 19.3. The van der Waals surface area contributed by atoms with Gasteiger partial charge < -0.3 is 23.9 Å². The van der Waals surface area contributed by atoms with E-state index in [9.17, 15) is 27.6 Å². The Balaban J connectivity index is 1.46. The van der Waals surface area contributed by atoms with E-state index in [2.05, 4.69) is 17.5 Å². The maximum atomic E-state index is 13.8. The SMILES string of the molecule is C=C(F)C(=O)N1CCN(c2nc(OCC3CCCN3C)nc3cc(-c4ccc(C(F)(F)F)cc4)c4ccoc4c23)CC1CC#N. The maximum Gasteiger partial charge on any atom is 0.416 e. The molecule has 2 atom stereocenters. The summed E-state index contributed by atoms with van der Waals surface area (Å²) in [5, 5.41) is 10.7. The van der Waals surface area contributed by atoms with E-state index >= 15 is 0 Å². The van der Waals surface area contributed by atoms with E-state index in [1.165, 1.54) is 23.3 Å². The lowest BCUT2D eigenvalue weighted by molar-refractivity contribution is -0.137. The number of fused-ring (bicyclic) bond motifs is 3. The first-order chi connectivity index (χ1) is 21.5. The molecule has 13 heteroatoms. The number of halogens is 4. The number of likely N-dealkylation sites (tertiary alicyclic amines) is 1. The lowest BCUT2D eigenvalue weighted by Crippen LogP contribution is -2.55. The molecule has 2 unspecified atom stereocenters. The Morgan fingerprint density at radius 2 is 1.93 bits per heavy atom. The molecule has 2 fully saturated rings. The number of carbonyl (C=O) groups excluding carboxylic acids is 1. The number of alkyl halides is 3. The Hall–Kier alpha value is -4.70. The Labute approximate surface area is 256 Å². The third kappa shape index (κ3) is 5.90. The molecule has 1 amide bonds. The third-order valence-electron chi connectivity index (χ3n) is 8.56. The molecule has 6 rings (SSSR count). The van der Waals surface area contributed by atoms with Crippen LogP contribution in [0.15, 0.2) is 59.5 Å². The van der Waals surface area contributed by atoms with Gasteiger partial charge in [-0.25, -0.2) is 4.39 Å². The molecule has 0 radical (unpaired) electrons. The standard InChI is InChI=1S/C32H30F4N6O3/c1-19(33)30(43)42-14-13-41(17-22(42)9-11-37)29-27-26(38-31(39-29)45-18-23-4-3-12-40(23)2)16-25(24-10-15-44-28(24)27)20-5-7-21(8-6-20)32(34,35)36/h5-8,10,15-16,22-23H,1,3-4,9,12-14,17-18H2,2H3. The Morgan fingerprint density at radius 1 is 1.16 bits per heavy atom. The fourth-order valence-electron chi connectivity index (χ4n) is 6.18. The van der Waals surface area contributed by atoms with Crippen molar-refractivity contribution in [3.05, 3.63) is 60.6 Å². The molecule has 0 spiro atoms. The molecule has 0 bridgehead atoms. The van der Waals surface area contributed by atoms with E-state index in [4.69, 9.17) is 19.1 Å². The van der Waals surface area contributed by atoms with Gasteiger partial charge in [-0.2, -0.15) is 28.4 Å². The van der Waals surface area contributed by atoms with Crippen LogP contribution in [0.4, 0.5) is 23.4 Å². The zero-order valence-corrected chi connectivity index (χ0v) is 24.5. The first kappa shape index (κ1) is 30.3. The molecule has 9 nitrogen and oxygen atoms in total. The maximum absolute atomic E-state index is 13.8. The summed E-state index contributed by atoms with van der Waals surface area (Å²) in [6, 6.07) is 10.1. The predicted octanol–water partition coefficient (Wildman–Crippen LogP) is 5.95. The van der Waals surface area contributed by atoms with Crippen LogP contribution in [0.2, 0.25) is 0 Å². The summed E-state index contributed by atoms with van der Waals surface area (Å²) in [6.07, 6.45) is -0.998. The highest BCUT2D eigenvalue weighted by molar-refractivity contribution is 6.14. The van der Waals surface area contributed by atoms with Crippen LogP contribution in [0.5, 0.6) is 6.01 Å². The number of aromatic nitrogens is 2. The van der Waals surface area contributed by atoms with Crippen molar-refractivity contribution < 1.29 is 31.5 Å². The van der Waals surface area contributed by atoms with Gasteiger partial charge in [0.2, 0.25) is 0 Å². The van der Waals surface area contributed by atoms with Gasteiger partial charge in [0.15, 0.2) is 5.83 Å². The average Bonchev–Trinajstić information content (AvgIpc) is 3.67. The lowest BCUT2D eigenvalue weighted by Gasteiger charge is -2.41. The van der Waals surface area contributed by atoms with Crippen molar-refractivity contribution in [2.24, 2.45) is 0 Å². The number of piperazine rings is 1. The number of rotatable bonds is 7. The van der Waals surface area contributed by atoms with Crippen molar-refractivity contribution in [1.29, 1.82) is 5.26 Å². The summed E-state index contributed by atoms with van der Waals surface area (Å²) >= 11 is 0. The second-order valence-electron chi connectivity index (χ2n) is 11.3. The van der Waals surface area contributed by atoms with Crippen molar-refractivity contribution in [2.45, 2.75) is 37.5 Å². The van der Waals surface area contributed by atoms with Gasteiger partial charge in [-0.1, -0.05) is 18.7 Å². The highest BCUT2D eigenvalue weighted by atomic mass is 19.4. The highest BCUT2D eigenvalue weighted by Crippen LogP contribution is 2.41. The van der Waals surface area contributed by atoms with Crippen LogP contribution in [0.1, 0.15) is 24.8 Å². The number of furan rings is 1. The monoisotopic (exact) mass is 622 g/mol. The first-order valence-corrected chi connectivity index (χ1v) is 14.5. The molecule has 234 valence electrons. The van der Waals surface area contributed by atoms with Crippen molar-refractivity contribution in [2.75, 3.05) is 44.7 Å². The summed E-state index contributed by atoms with van der Waals surface area (Å²) in [7, 11) is 2.03. The van der Waals surface area contributed by atoms with E-state index in [1.807, 2.05) is 11.9 Å². The topological polar surface area (TPSA) is 98.7 Å². The molecule has 4 heterocycles. The molecule has 2 aliphatic heterocycles. The predicted molar refractivity (Wildman–Crippen MR) is 159 cm³/mol. The average molecular weight is 623 g/mol. The van der Waals surface area contributed by atoms with Gasteiger partial charge in [0, 0.05) is 31.1 Å². The highest BCUT2D eigenvalue weighted by Gasteiger charge is 2.34. The minimum Gasteiger partial charge on any atom is -0.463 e. The van der Waals surface area contributed by atoms with Crippen LogP contribution < -0.4 is 9.64 Å². The van der Waals surface area contributed by atoms with Crippen LogP contribution in [-0.4, -0.2) is 77.6 Å². The molecule has 0 aliphatic carbocycles. The van der Waals surface area contributed by atoms with Crippen molar-refractivity contribution in [3.63, 3.8) is 0 Å². The smallest absolute Gasteiger partial charge is 0.416 e. The van der Waals surface area contributed by atoms with E-state index < -0.39 is 29.5 Å². The number of nitrogens with zero attached hydrogens (tertiary/aromatic N) is 6. The molecule has 0 N–H and O–H groups in total. The summed E-state index contributed by atoms with van der Waals surface area (Å²) in [6.45, 7) is 5.00. The molecular weight excluding hydrogens is 592 g/mol. The Kier molecular flexibility index (Phi) is 8.09. The van der Waals surface area contributed by atoms with Gasteiger partial charge in [-0.05, 0) is 61.8 Å². The van der Waals surface area contributed by atoms with Crippen LogP contribution in [0.25, 0.3) is 33.0 Å². The summed E-state index contributed by atoms with van der Waals surface area (Å²) in [4.78, 5) is 27.4. The molecule has 2 aromatic heterocycles. The molecule has 0 saturated carbocycles. The first-order valence-electron chi connectivity index (χ1n) is 14.5. The zero-order valence-electron chi connectivity index (χ0n) is 24.5. The van der Waals surface area contributed by atoms with Gasteiger partial charge >= 0.3 is 12.2 Å². The fraction of sp³-hybridized carbons (Fsp3) is 0.375. The van der Waals surface area contributed by atoms with Gasteiger partial charge in [0.25, 0.3) is 5.91 Å². The molecule has 2 aliphatic rings. The number of anilines is 1. The van der Waals surface area contributed by atoms with Gasteiger partial charge in [-0.15, -0.1) is 0 Å². The minimum atomic E-state index is -4.47. The molecular formula is C32H30F4N6O3. The lowest BCUT2D eigenvalue weighted by atomic mass is 9.98. The quantitative estimate of drug-likeness (QED) is 0.184. The third-order valence-corrected chi connectivity index (χ3v) is 8.56. The van der Waals surface area contributed by atoms with Crippen LogP contribution in [-0.2, 0) is 11.0 Å². The van der Waals surface area contributed by atoms with E-state index in [1.54, 1.807) is 12.1 Å². The van der Waals surface area contributed by atoms with Crippen LogP contribution in [0.3, 0.4) is 0 Å². The number of amides is 1. The second-order valence-corrected chi connectivity index (χ2v) is 11.3. The Bertz CT molecular complexity index is 1800. The molecule has 2 saturated heterocycles. The van der Waals surface area contributed by atoms with Crippen LogP contribution in [0, 0.1) is 11.3 Å². The minimum absolute atomic E-state index is 0.0376. The molecule has 2 aromatic carbocycles. The number of likely N-dealkylation sites (N-methyl/N-ethyl adjacent to an activating group) is 1. The van der Waals surface area contributed by atoms with E-state index in [0.717, 1.165) is 31.5 Å². The van der Waals surface area contributed by atoms with Gasteiger partial charge in [-0.3, -0.25) is 4.79 Å². The number of hydrogen-bond donors (Lipinski definition) is 0. The number of hydrogen-bond acceptors (Lipinski definition) is 8. The number of benzene rings is 2. The zero-order chi connectivity index (χ0) is 31.9. The van der Waals surface area contributed by atoms with Crippen molar-refractivity contribution in [3.8, 4) is 23.2 Å². The van der Waals surface area contributed by atoms with E-state index in [-0.39, 0.29) is 38.1 Å². The summed E-state index contributed by atoms with van der Waals surface area (Å²) < 4.78 is 65.7. The number of carbonyl (C=O) groups is 1. The Morgan fingerprint density at radius 3 is 2.60 bits per heavy atom. The van der Waals surface area contributed by atoms with Crippen LogP contribution >= 0.6 is 0 Å². The fourth-order valence-corrected chi connectivity index (χ4v) is 6.18. The van der Waals surface area contributed by atoms with Gasteiger partial charge in [0.05, 0.1) is 41.3 Å². The molecule has 45 heavy (non-hydrogen) atoms. The number of nitriles is 1. The van der Waals surface area contributed by atoms with Crippen molar-refractivity contribution in [1.82, 2.24) is 19.8 Å². The largest absolute Gasteiger partial charge is 0.463 e. The summed E-state index contributed by atoms with van der Waals surface area (Å²) in [5.74, 6) is -1.51. The number of ether oxygens (including phenoxy) is 1.